The van der Waals surface area contributed by atoms with Gasteiger partial charge in [0.1, 0.15) is 5.75 Å². The van der Waals surface area contributed by atoms with E-state index in [0.717, 1.165) is 45.9 Å². The van der Waals surface area contributed by atoms with Gasteiger partial charge >= 0.3 is 0 Å². The van der Waals surface area contributed by atoms with E-state index in [1.54, 1.807) is 7.11 Å². The zero-order valence-corrected chi connectivity index (χ0v) is 13.1. The van der Waals surface area contributed by atoms with Gasteiger partial charge in [0.25, 0.3) is 0 Å². The van der Waals surface area contributed by atoms with E-state index in [1.807, 2.05) is 6.92 Å². The zero-order valence-electron chi connectivity index (χ0n) is 10.8. The second-order valence-electron chi connectivity index (χ2n) is 4.08. The first-order valence-electron chi connectivity index (χ1n) is 5.63. The van der Waals surface area contributed by atoms with Gasteiger partial charge in [-0.25, -0.2) is 0 Å². The van der Waals surface area contributed by atoms with Crippen molar-refractivity contribution in [2.24, 2.45) is 0 Å². The lowest BCUT2D eigenvalue weighted by Gasteiger charge is -2.18. The third-order valence-electron chi connectivity index (χ3n) is 3.14. The molecule has 1 N–H and O–H groups in total. The normalized spacial score (nSPS) is 10.7. The van der Waals surface area contributed by atoms with Crippen LogP contribution in [-0.4, -0.2) is 19.1 Å². The molecule has 4 heteroatoms. The number of halogens is 2. The smallest absolute Gasteiger partial charge is 0.125 e. The van der Waals surface area contributed by atoms with Crippen molar-refractivity contribution < 1.29 is 4.74 Å². The fourth-order valence-corrected chi connectivity index (χ4v) is 2.54. The van der Waals surface area contributed by atoms with Gasteiger partial charge < -0.3 is 10.1 Å². The van der Waals surface area contributed by atoms with E-state index in [-0.39, 0.29) is 0 Å². The molecule has 0 aliphatic carbocycles. The molecule has 0 saturated heterocycles. The minimum Gasteiger partial charge on any atom is -0.496 e. The molecule has 0 atom stereocenters. The molecule has 0 fully saturated rings. The zero-order chi connectivity index (χ0) is 13.0. The van der Waals surface area contributed by atoms with Crippen LogP contribution in [0.4, 0.5) is 0 Å². The van der Waals surface area contributed by atoms with Crippen molar-refractivity contribution in [3.8, 4) is 5.75 Å². The largest absolute Gasteiger partial charge is 0.496 e. The molecule has 17 heavy (non-hydrogen) atoms. The summed E-state index contributed by atoms with van der Waals surface area (Å²) < 4.78 is 5.53. The van der Waals surface area contributed by atoms with Gasteiger partial charge in [-0.2, -0.15) is 0 Å². The van der Waals surface area contributed by atoms with E-state index in [1.165, 1.54) is 5.56 Å². The monoisotopic (exact) mass is 319 g/mol. The first-order valence-corrected chi connectivity index (χ1v) is 7.13. The molecule has 0 unspecified atom stereocenters. The summed E-state index contributed by atoms with van der Waals surface area (Å²) in [6.07, 6.45) is 0.918. The second-order valence-corrected chi connectivity index (χ2v) is 5.02. The molecule has 2 nitrogen and oxygen atoms in total. The van der Waals surface area contributed by atoms with Gasteiger partial charge in [-0.05, 0) is 43.9 Å². The maximum atomic E-state index is 6.34. The van der Waals surface area contributed by atoms with E-state index < -0.39 is 0 Å². The second kappa shape index (κ2) is 6.62. The molecular formula is C13H19BrClNO. The molecule has 0 aliphatic heterocycles. The van der Waals surface area contributed by atoms with Crippen molar-refractivity contribution in [2.75, 3.05) is 19.1 Å². The van der Waals surface area contributed by atoms with Crippen LogP contribution < -0.4 is 10.1 Å². The van der Waals surface area contributed by atoms with E-state index in [2.05, 4.69) is 35.1 Å². The highest BCUT2D eigenvalue weighted by atomic mass is 79.9. The molecule has 0 saturated carbocycles. The van der Waals surface area contributed by atoms with Crippen molar-refractivity contribution >= 4 is 27.5 Å². The average Bonchev–Trinajstić information content (AvgIpc) is 2.33. The molecule has 0 amide bonds. The summed E-state index contributed by atoms with van der Waals surface area (Å²) in [5.74, 6) is 0.973. The van der Waals surface area contributed by atoms with Gasteiger partial charge in [-0.1, -0.05) is 27.5 Å². The Morgan fingerprint density at radius 3 is 2.35 bits per heavy atom. The highest BCUT2D eigenvalue weighted by Crippen LogP contribution is 2.35. The maximum Gasteiger partial charge on any atom is 0.125 e. The molecule has 0 aliphatic rings. The molecule has 96 valence electrons. The summed E-state index contributed by atoms with van der Waals surface area (Å²) in [7, 11) is 1.72. The number of alkyl halides is 1. The third-order valence-corrected chi connectivity index (χ3v) is 4.10. The van der Waals surface area contributed by atoms with Crippen LogP contribution in [0.25, 0.3) is 0 Å². The van der Waals surface area contributed by atoms with Crippen molar-refractivity contribution in [2.45, 2.75) is 27.2 Å². The molecule has 1 aromatic rings. The van der Waals surface area contributed by atoms with Crippen molar-refractivity contribution in [3.05, 3.63) is 27.3 Å². The van der Waals surface area contributed by atoms with Crippen LogP contribution in [0, 0.1) is 20.8 Å². The van der Waals surface area contributed by atoms with Crippen molar-refractivity contribution in [1.82, 2.24) is 5.32 Å². The Hall–Kier alpha value is -0.250. The molecule has 0 spiro atoms. The quantitative estimate of drug-likeness (QED) is 0.507. The predicted molar refractivity (Wildman–Crippen MR) is 77.7 cm³/mol. The molecule has 0 heterocycles. The van der Waals surface area contributed by atoms with E-state index in [4.69, 9.17) is 16.3 Å². The number of rotatable bonds is 5. The lowest BCUT2D eigenvalue weighted by atomic mass is 9.96. The number of methoxy groups -OCH3 is 1. The van der Waals surface area contributed by atoms with Crippen LogP contribution in [0.1, 0.15) is 22.3 Å². The molecule has 0 aromatic heterocycles. The Kier molecular flexibility index (Phi) is 5.77. The molecule has 0 bridgehead atoms. The summed E-state index contributed by atoms with van der Waals surface area (Å²) >= 11 is 9.69. The number of ether oxygens (including phenoxy) is 1. The summed E-state index contributed by atoms with van der Waals surface area (Å²) in [4.78, 5) is 0. The Balaban J connectivity index is 3.17. The van der Waals surface area contributed by atoms with Crippen LogP contribution in [0.5, 0.6) is 5.75 Å². The SMILES string of the molecule is COc1c(C)c(C)c(Cl)c(C)c1CCNCBr. The lowest BCUT2D eigenvalue weighted by Crippen LogP contribution is -2.16. The van der Waals surface area contributed by atoms with Crippen LogP contribution >= 0.6 is 27.5 Å². The summed E-state index contributed by atoms with van der Waals surface area (Å²) in [5.41, 5.74) is 5.37. The minimum absolute atomic E-state index is 0.799. The lowest BCUT2D eigenvalue weighted by molar-refractivity contribution is 0.405. The van der Waals surface area contributed by atoms with Crippen LogP contribution in [0.15, 0.2) is 0 Å². The average molecular weight is 321 g/mol. The van der Waals surface area contributed by atoms with Crippen molar-refractivity contribution in [3.63, 3.8) is 0 Å². The van der Waals surface area contributed by atoms with Gasteiger partial charge in [0.15, 0.2) is 0 Å². The van der Waals surface area contributed by atoms with E-state index >= 15 is 0 Å². The maximum absolute atomic E-state index is 6.34. The van der Waals surface area contributed by atoms with Gasteiger partial charge in [-0.3, -0.25) is 0 Å². The number of hydrogen-bond acceptors (Lipinski definition) is 2. The van der Waals surface area contributed by atoms with Crippen LogP contribution in [0.3, 0.4) is 0 Å². The molecular weight excluding hydrogens is 302 g/mol. The summed E-state index contributed by atoms with van der Waals surface area (Å²) in [6, 6.07) is 0. The standard InChI is InChI=1S/C13H19BrClNO/c1-8-9(2)13(17-4)11(5-6-16-7-14)10(3)12(8)15/h16H,5-7H2,1-4H3. The van der Waals surface area contributed by atoms with E-state index in [9.17, 15) is 0 Å². The van der Waals surface area contributed by atoms with Gasteiger partial charge in [0.05, 0.1) is 12.6 Å². The first-order chi connectivity index (χ1) is 8.04. The first kappa shape index (κ1) is 14.8. The Labute approximate surface area is 117 Å². The summed E-state index contributed by atoms with van der Waals surface area (Å²) in [6.45, 7) is 7.05. The highest BCUT2D eigenvalue weighted by molar-refractivity contribution is 9.09. The van der Waals surface area contributed by atoms with Crippen LogP contribution in [-0.2, 0) is 6.42 Å². The fraction of sp³-hybridized carbons (Fsp3) is 0.538. The number of nitrogens with one attached hydrogen (secondary N) is 1. The highest BCUT2D eigenvalue weighted by Gasteiger charge is 2.16. The topological polar surface area (TPSA) is 21.3 Å². The predicted octanol–water partition coefficient (Wildman–Crippen LogP) is 3.76. The number of hydrogen-bond donors (Lipinski definition) is 1. The third kappa shape index (κ3) is 3.15. The van der Waals surface area contributed by atoms with Gasteiger partial charge in [0, 0.05) is 17.1 Å². The Morgan fingerprint density at radius 2 is 1.82 bits per heavy atom. The Morgan fingerprint density at radius 1 is 1.18 bits per heavy atom. The molecule has 0 radical (unpaired) electrons. The van der Waals surface area contributed by atoms with Gasteiger partial charge in [-0.15, -0.1) is 0 Å². The van der Waals surface area contributed by atoms with Crippen molar-refractivity contribution in [1.29, 1.82) is 0 Å². The minimum atomic E-state index is 0.799. The Bertz CT molecular complexity index is 407. The fourth-order valence-electron chi connectivity index (χ4n) is 2.00. The van der Waals surface area contributed by atoms with E-state index in [0.29, 0.717) is 0 Å². The molecule has 1 rings (SSSR count). The summed E-state index contributed by atoms with van der Waals surface area (Å²) in [5, 5.41) is 4.11. The molecule has 1 aromatic carbocycles. The van der Waals surface area contributed by atoms with Gasteiger partial charge in [0.2, 0.25) is 0 Å². The number of benzene rings is 1. The van der Waals surface area contributed by atoms with Crippen LogP contribution in [0.2, 0.25) is 5.02 Å².